The van der Waals surface area contributed by atoms with Gasteiger partial charge in [-0.2, -0.15) is 0 Å². The summed E-state index contributed by atoms with van der Waals surface area (Å²) in [5.74, 6) is 0.975. The van der Waals surface area contributed by atoms with E-state index in [4.69, 9.17) is 19.2 Å². The molecule has 7 nitrogen and oxygen atoms in total. The fraction of sp³-hybridized carbons (Fsp3) is 0.375. The Balaban J connectivity index is 1.59. The molecule has 0 spiro atoms. The van der Waals surface area contributed by atoms with Crippen molar-refractivity contribution in [2.24, 2.45) is 0 Å². The maximum absolute atomic E-state index is 13.3. The minimum atomic E-state index is -0.460. The maximum atomic E-state index is 13.3. The third kappa shape index (κ3) is 5.14. The van der Waals surface area contributed by atoms with E-state index in [1.165, 1.54) is 18.9 Å². The zero-order valence-corrected chi connectivity index (χ0v) is 19.0. The minimum absolute atomic E-state index is 0.00388. The summed E-state index contributed by atoms with van der Waals surface area (Å²) >= 11 is 1.46. The van der Waals surface area contributed by atoms with E-state index in [0.29, 0.717) is 40.5 Å². The smallest absolute Gasteiger partial charge is 0.337 e. The van der Waals surface area contributed by atoms with E-state index in [1.54, 1.807) is 22.8 Å². The van der Waals surface area contributed by atoms with Gasteiger partial charge >= 0.3 is 5.97 Å². The number of aryl methyl sites for hydroxylation is 1. The van der Waals surface area contributed by atoms with Crippen molar-refractivity contribution in [1.82, 2.24) is 9.55 Å². The normalized spacial score (nSPS) is 15.8. The van der Waals surface area contributed by atoms with Crippen LogP contribution in [0.1, 0.15) is 28.8 Å². The number of carbonyl (C=O) groups excluding carboxylic acids is 1. The van der Waals surface area contributed by atoms with Crippen molar-refractivity contribution >= 4 is 28.6 Å². The number of thioether (sulfide) groups is 1. The number of rotatable bonds is 8. The van der Waals surface area contributed by atoms with Gasteiger partial charge in [-0.05, 0) is 55.7 Å². The Morgan fingerprint density at radius 2 is 2.16 bits per heavy atom. The zero-order valence-electron chi connectivity index (χ0n) is 18.2. The fourth-order valence-electron chi connectivity index (χ4n) is 3.71. The molecule has 1 fully saturated rings. The van der Waals surface area contributed by atoms with Gasteiger partial charge in [0.1, 0.15) is 5.75 Å². The van der Waals surface area contributed by atoms with E-state index in [-0.39, 0.29) is 11.7 Å². The van der Waals surface area contributed by atoms with Crippen LogP contribution < -0.4 is 10.3 Å². The first kappa shape index (κ1) is 22.4. The predicted molar refractivity (Wildman–Crippen MR) is 124 cm³/mol. The Morgan fingerprint density at radius 3 is 2.91 bits per heavy atom. The molecule has 0 N–H and O–H groups in total. The van der Waals surface area contributed by atoms with Crippen LogP contribution in [0.2, 0.25) is 0 Å². The Bertz CT molecular complexity index is 1170. The lowest BCUT2D eigenvalue weighted by molar-refractivity contribution is 0.0601. The monoisotopic (exact) mass is 454 g/mol. The highest BCUT2D eigenvalue weighted by atomic mass is 32.2. The molecule has 0 aliphatic carbocycles. The van der Waals surface area contributed by atoms with E-state index < -0.39 is 5.97 Å². The highest BCUT2D eigenvalue weighted by Gasteiger charge is 2.21. The largest absolute Gasteiger partial charge is 0.493 e. The van der Waals surface area contributed by atoms with E-state index in [1.807, 2.05) is 31.2 Å². The molecule has 2 heterocycles. The summed E-state index contributed by atoms with van der Waals surface area (Å²) in [5, 5.41) is 1.06. The lowest BCUT2D eigenvalue weighted by Gasteiger charge is -2.17. The summed E-state index contributed by atoms with van der Waals surface area (Å²) in [4.78, 5) is 29.9. The van der Waals surface area contributed by atoms with Crippen LogP contribution in [0.15, 0.2) is 52.4 Å². The number of fused-ring (bicyclic) bond motifs is 1. The first-order valence-corrected chi connectivity index (χ1v) is 11.6. The van der Waals surface area contributed by atoms with Crippen LogP contribution in [0.25, 0.3) is 10.9 Å². The first-order chi connectivity index (χ1) is 15.5. The van der Waals surface area contributed by atoms with Gasteiger partial charge in [0.15, 0.2) is 5.16 Å². The molecule has 1 unspecified atom stereocenters. The van der Waals surface area contributed by atoms with Gasteiger partial charge in [-0.15, -0.1) is 0 Å². The molecule has 1 saturated heterocycles. The van der Waals surface area contributed by atoms with Gasteiger partial charge in [0.2, 0.25) is 0 Å². The standard InChI is InChI=1S/C24H26N2O5S/c1-16-5-3-6-18(13-16)31-11-12-32-24-25-21-14-17(23(28)29-2)8-9-20(21)22(27)26(24)15-19-7-4-10-30-19/h3,5-6,8-9,13-14,19H,4,7,10-12,15H2,1-2H3. The number of ether oxygens (including phenoxy) is 3. The molecule has 1 atom stereocenters. The van der Waals surface area contributed by atoms with E-state index in [9.17, 15) is 9.59 Å². The molecule has 32 heavy (non-hydrogen) atoms. The SMILES string of the molecule is COC(=O)c1ccc2c(=O)n(CC3CCCO3)c(SCCOc3cccc(C)c3)nc2c1. The maximum Gasteiger partial charge on any atom is 0.337 e. The van der Waals surface area contributed by atoms with Crippen molar-refractivity contribution in [3.05, 3.63) is 63.9 Å². The van der Waals surface area contributed by atoms with Crippen LogP contribution in [0.5, 0.6) is 5.75 Å². The van der Waals surface area contributed by atoms with Crippen molar-refractivity contribution < 1.29 is 19.0 Å². The van der Waals surface area contributed by atoms with Crippen molar-refractivity contribution in [1.29, 1.82) is 0 Å². The lowest BCUT2D eigenvalue weighted by atomic mass is 10.1. The molecule has 1 aromatic heterocycles. The van der Waals surface area contributed by atoms with E-state index in [2.05, 4.69) is 0 Å². The molecule has 1 aliphatic rings. The van der Waals surface area contributed by atoms with Gasteiger partial charge in [0.05, 0.1) is 42.8 Å². The second-order valence-electron chi connectivity index (χ2n) is 7.68. The van der Waals surface area contributed by atoms with Crippen LogP contribution >= 0.6 is 11.8 Å². The van der Waals surface area contributed by atoms with Crippen LogP contribution in [0.4, 0.5) is 0 Å². The van der Waals surface area contributed by atoms with Gasteiger partial charge in [-0.25, -0.2) is 9.78 Å². The second-order valence-corrected chi connectivity index (χ2v) is 8.74. The number of methoxy groups -OCH3 is 1. The summed E-state index contributed by atoms with van der Waals surface area (Å²) in [5.41, 5.74) is 1.84. The van der Waals surface area contributed by atoms with E-state index in [0.717, 1.165) is 30.8 Å². The number of hydrogen-bond donors (Lipinski definition) is 0. The average Bonchev–Trinajstić information content (AvgIpc) is 3.31. The molecule has 1 aliphatic heterocycles. The van der Waals surface area contributed by atoms with Crippen molar-refractivity contribution in [3.8, 4) is 5.75 Å². The summed E-state index contributed by atoms with van der Waals surface area (Å²) < 4.78 is 18.1. The van der Waals surface area contributed by atoms with Gasteiger partial charge in [0.25, 0.3) is 5.56 Å². The molecule has 4 rings (SSSR count). The topological polar surface area (TPSA) is 79.7 Å². The molecular formula is C24H26N2O5S. The zero-order chi connectivity index (χ0) is 22.5. The number of hydrogen-bond acceptors (Lipinski definition) is 7. The molecule has 0 bridgehead atoms. The third-order valence-corrected chi connectivity index (χ3v) is 6.27. The van der Waals surface area contributed by atoms with Crippen molar-refractivity contribution in [3.63, 3.8) is 0 Å². The molecule has 0 saturated carbocycles. The van der Waals surface area contributed by atoms with Gasteiger partial charge in [-0.1, -0.05) is 23.9 Å². The predicted octanol–water partition coefficient (Wildman–Crippen LogP) is 3.84. The number of carbonyl (C=O) groups is 1. The van der Waals surface area contributed by atoms with Gasteiger partial charge in [0, 0.05) is 12.4 Å². The minimum Gasteiger partial charge on any atom is -0.493 e. The Morgan fingerprint density at radius 1 is 1.28 bits per heavy atom. The number of esters is 1. The van der Waals surface area contributed by atoms with Crippen molar-refractivity contribution in [2.75, 3.05) is 26.1 Å². The quantitative estimate of drug-likeness (QED) is 0.221. The van der Waals surface area contributed by atoms with Gasteiger partial charge < -0.3 is 14.2 Å². The first-order valence-electron chi connectivity index (χ1n) is 10.6. The molecule has 168 valence electrons. The van der Waals surface area contributed by atoms with Crippen LogP contribution in [0.3, 0.4) is 0 Å². The van der Waals surface area contributed by atoms with Gasteiger partial charge in [-0.3, -0.25) is 9.36 Å². The third-order valence-electron chi connectivity index (χ3n) is 5.32. The number of aromatic nitrogens is 2. The molecule has 0 radical (unpaired) electrons. The van der Waals surface area contributed by atoms with Crippen LogP contribution in [-0.2, 0) is 16.0 Å². The Labute approximate surface area is 190 Å². The summed E-state index contributed by atoms with van der Waals surface area (Å²) in [6.45, 7) is 3.68. The fourth-order valence-corrected chi connectivity index (χ4v) is 4.53. The van der Waals surface area contributed by atoms with Crippen LogP contribution in [0, 0.1) is 6.92 Å². The Kier molecular flexibility index (Phi) is 7.12. The average molecular weight is 455 g/mol. The highest BCUT2D eigenvalue weighted by Crippen LogP contribution is 2.22. The van der Waals surface area contributed by atoms with Crippen molar-refractivity contribution in [2.45, 2.75) is 37.6 Å². The number of nitrogens with zero attached hydrogens (tertiary/aromatic N) is 2. The summed E-state index contributed by atoms with van der Waals surface area (Å²) in [7, 11) is 1.33. The molecule has 8 heteroatoms. The lowest BCUT2D eigenvalue weighted by Crippen LogP contribution is -2.29. The molecular weight excluding hydrogens is 428 g/mol. The second kappa shape index (κ2) is 10.2. The molecule has 3 aromatic rings. The summed E-state index contributed by atoms with van der Waals surface area (Å²) in [6.07, 6.45) is 1.92. The Hall–Kier alpha value is -2.84. The molecule has 2 aromatic carbocycles. The van der Waals surface area contributed by atoms with Crippen LogP contribution in [-0.4, -0.2) is 47.7 Å². The molecule has 0 amide bonds. The summed E-state index contributed by atoms with van der Waals surface area (Å²) in [6, 6.07) is 12.7. The van der Waals surface area contributed by atoms with E-state index >= 15 is 0 Å². The number of benzene rings is 2. The highest BCUT2D eigenvalue weighted by molar-refractivity contribution is 7.99.